The van der Waals surface area contributed by atoms with E-state index in [1.165, 1.54) is 64.5 Å². The third-order valence-corrected chi connectivity index (χ3v) is 4.53. The quantitative estimate of drug-likeness (QED) is 0.764. The normalized spacial score (nSPS) is 28.9. The fourth-order valence-electron chi connectivity index (χ4n) is 3.17. The highest BCUT2D eigenvalue weighted by molar-refractivity contribution is 4.83. The molecular formula is C15H30N2. The second-order valence-electron chi connectivity index (χ2n) is 6.02. The lowest BCUT2D eigenvalue weighted by atomic mass is 10.0. The molecule has 2 aliphatic rings. The zero-order chi connectivity index (χ0) is 12.1. The Morgan fingerprint density at radius 2 is 2.00 bits per heavy atom. The van der Waals surface area contributed by atoms with Crippen molar-refractivity contribution in [3.63, 3.8) is 0 Å². The second-order valence-corrected chi connectivity index (χ2v) is 6.02. The molecule has 2 atom stereocenters. The summed E-state index contributed by atoms with van der Waals surface area (Å²) in [6.45, 7) is 7.35. The molecule has 17 heavy (non-hydrogen) atoms. The van der Waals surface area contributed by atoms with Gasteiger partial charge in [-0.1, -0.05) is 19.8 Å². The molecular weight excluding hydrogens is 208 g/mol. The van der Waals surface area contributed by atoms with Crippen LogP contribution in [0, 0.1) is 0 Å². The van der Waals surface area contributed by atoms with Crippen LogP contribution in [0.1, 0.15) is 65.2 Å². The van der Waals surface area contributed by atoms with Crippen LogP contribution in [0.5, 0.6) is 0 Å². The minimum atomic E-state index is 0.768. The SMILES string of the molecule is CCC1CCCCCN1C(C)CCNC1CC1. The summed E-state index contributed by atoms with van der Waals surface area (Å²) >= 11 is 0. The van der Waals surface area contributed by atoms with Crippen molar-refractivity contribution in [1.29, 1.82) is 0 Å². The van der Waals surface area contributed by atoms with Crippen LogP contribution in [0.25, 0.3) is 0 Å². The molecule has 1 heterocycles. The first kappa shape index (κ1) is 13.4. The number of nitrogens with one attached hydrogen (secondary N) is 1. The van der Waals surface area contributed by atoms with Crippen molar-refractivity contribution in [2.45, 2.75) is 83.3 Å². The summed E-state index contributed by atoms with van der Waals surface area (Å²) in [4.78, 5) is 2.79. The highest BCUT2D eigenvalue weighted by atomic mass is 15.2. The van der Waals surface area contributed by atoms with Crippen molar-refractivity contribution in [1.82, 2.24) is 10.2 Å². The van der Waals surface area contributed by atoms with Crippen LogP contribution in [0.3, 0.4) is 0 Å². The third kappa shape index (κ3) is 4.26. The molecule has 0 aromatic rings. The van der Waals surface area contributed by atoms with Crippen LogP contribution in [0.15, 0.2) is 0 Å². The van der Waals surface area contributed by atoms with Gasteiger partial charge < -0.3 is 5.32 Å². The van der Waals surface area contributed by atoms with Gasteiger partial charge in [-0.3, -0.25) is 4.90 Å². The minimum absolute atomic E-state index is 0.768. The summed E-state index contributed by atoms with van der Waals surface area (Å²) in [5.41, 5.74) is 0. The summed E-state index contributed by atoms with van der Waals surface area (Å²) in [5, 5.41) is 3.65. The molecule has 1 N–H and O–H groups in total. The summed E-state index contributed by atoms with van der Waals surface area (Å²) in [6, 6.07) is 2.49. The molecule has 1 saturated heterocycles. The second kappa shape index (κ2) is 6.75. The van der Waals surface area contributed by atoms with Gasteiger partial charge in [-0.2, -0.15) is 0 Å². The Bertz CT molecular complexity index is 213. The van der Waals surface area contributed by atoms with Crippen molar-refractivity contribution in [2.75, 3.05) is 13.1 Å². The molecule has 0 amide bonds. The van der Waals surface area contributed by atoms with Gasteiger partial charge in [-0.15, -0.1) is 0 Å². The highest BCUT2D eigenvalue weighted by Crippen LogP contribution is 2.23. The van der Waals surface area contributed by atoms with E-state index >= 15 is 0 Å². The topological polar surface area (TPSA) is 15.3 Å². The van der Waals surface area contributed by atoms with Crippen LogP contribution in [-0.4, -0.2) is 36.1 Å². The predicted molar refractivity (Wildman–Crippen MR) is 74.4 cm³/mol. The molecule has 100 valence electrons. The summed E-state index contributed by atoms with van der Waals surface area (Å²) in [5.74, 6) is 0. The van der Waals surface area contributed by atoms with Crippen molar-refractivity contribution in [3.8, 4) is 0 Å². The van der Waals surface area contributed by atoms with Gasteiger partial charge in [-0.05, 0) is 58.5 Å². The van der Waals surface area contributed by atoms with Gasteiger partial charge in [0.2, 0.25) is 0 Å². The van der Waals surface area contributed by atoms with Crippen LogP contribution in [0.4, 0.5) is 0 Å². The lowest BCUT2D eigenvalue weighted by Crippen LogP contribution is -2.42. The van der Waals surface area contributed by atoms with Crippen molar-refractivity contribution >= 4 is 0 Å². The predicted octanol–water partition coefficient (Wildman–Crippen LogP) is 3.17. The molecule has 1 aliphatic heterocycles. The lowest BCUT2D eigenvalue weighted by Gasteiger charge is -2.35. The summed E-state index contributed by atoms with van der Waals surface area (Å²) in [6.07, 6.45) is 11.2. The molecule has 0 aromatic heterocycles. The molecule has 2 rings (SSSR count). The molecule has 0 bridgehead atoms. The zero-order valence-electron chi connectivity index (χ0n) is 11.8. The monoisotopic (exact) mass is 238 g/mol. The molecule has 2 fully saturated rings. The summed E-state index contributed by atoms with van der Waals surface area (Å²) < 4.78 is 0. The van der Waals surface area contributed by atoms with E-state index in [9.17, 15) is 0 Å². The number of rotatable bonds is 6. The lowest BCUT2D eigenvalue weighted by molar-refractivity contribution is 0.135. The molecule has 0 radical (unpaired) electrons. The fraction of sp³-hybridized carbons (Fsp3) is 1.00. The van der Waals surface area contributed by atoms with E-state index in [4.69, 9.17) is 0 Å². The van der Waals surface area contributed by atoms with E-state index in [0.29, 0.717) is 0 Å². The molecule has 1 aliphatic carbocycles. The molecule has 0 spiro atoms. The van der Waals surface area contributed by atoms with Gasteiger partial charge in [-0.25, -0.2) is 0 Å². The Morgan fingerprint density at radius 3 is 2.71 bits per heavy atom. The Morgan fingerprint density at radius 1 is 1.18 bits per heavy atom. The van der Waals surface area contributed by atoms with Crippen LogP contribution >= 0.6 is 0 Å². The van der Waals surface area contributed by atoms with E-state index in [0.717, 1.165) is 18.1 Å². The van der Waals surface area contributed by atoms with Gasteiger partial charge in [0.05, 0.1) is 0 Å². The molecule has 2 unspecified atom stereocenters. The number of nitrogens with zero attached hydrogens (tertiary/aromatic N) is 1. The van der Waals surface area contributed by atoms with E-state index in [2.05, 4.69) is 24.1 Å². The maximum atomic E-state index is 3.65. The average molecular weight is 238 g/mol. The number of likely N-dealkylation sites (tertiary alicyclic amines) is 1. The van der Waals surface area contributed by atoms with Gasteiger partial charge >= 0.3 is 0 Å². The average Bonchev–Trinajstić information content (AvgIpc) is 3.14. The number of hydrogen-bond acceptors (Lipinski definition) is 2. The van der Waals surface area contributed by atoms with Crippen molar-refractivity contribution in [2.24, 2.45) is 0 Å². The van der Waals surface area contributed by atoms with Crippen LogP contribution in [-0.2, 0) is 0 Å². The first-order chi connectivity index (χ1) is 8.31. The van der Waals surface area contributed by atoms with Gasteiger partial charge in [0.25, 0.3) is 0 Å². The third-order valence-electron chi connectivity index (χ3n) is 4.53. The first-order valence-electron chi connectivity index (χ1n) is 7.80. The van der Waals surface area contributed by atoms with Crippen LogP contribution in [0.2, 0.25) is 0 Å². The first-order valence-corrected chi connectivity index (χ1v) is 7.80. The highest BCUT2D eigenvalue weighted by Gasteiger charge is 2.24. The van der Waals surface area contributed by atoms with E-state index in [1.807, 2.05) is 0 Å². The minimum Gasteiger partial charge on any atom is -0.314 e. The maximum absolute atomic E-state index is 3.65. The number of hydrogen-bond donors (Lipinski definition) is 1. The Hall–Kier alpha value is -0.0800. The fourth-order valence-corrected chi connectivity index (χ4v) is 3.17. The Labute approximate surface area is 107 Å². The zero-order valence-corrected chi connectivity index (χ0v) is 11.8. The molecule has 2 nitrogen and oxygen atoms in total. The standard InChI is InChI=1S/C15H30N2/c1-3-15-7-5-4-6-12-17(15)13(2)10-11-16-14-8-9-14/h13-16H,3-12H2,1-2H3. The van der Waals surface area contributed by atoms with E-state index in [-0.39, 0.29) is 0 Å². The van der Waals surface area contributed by atoms with Crippen molar-refractivity contribution in [3.05, 3.63) is 0 Å². The van der Waals surface area contributed by atoms with Gasteiger partial charge in [0.15, 0.2) is 0 Å². The Kier molecular flexibility index (Phi) is 5.30. The van der Waals surface area contributed by atoms with Crippen molar-refractivity contribution < 1.29 is 0 Å². The van der Waals surface area contributed by atoms with Crippen LogP contribution < -0.4 is 5.32 Å². The molecule has 0 aromatic carbocycles. The van der Waals surface area contributed by atoms with Gasteiger partial charge in [0.1, 0.15) is 0 Å². The smallest absolute Gasteiger partial charge is 0.00954 e. The van der Waals surface area contributed by atoms with E-state index < -0.39 is 0 Å². The molecule has 2 heteroatoms. The largest absolute Gasteiger partial charge is 0.314 e. The van der Waals surface area contributed by atoms with Gasteiger partial charge in [0, 0.05) is 18.1 Å². The maximum Gasteiger partial charge on any atom is 0.00954 e. The Balaban J connectivity index is 1.74. The molecule has 1 saturated carbocycles. The summed E-state index contributed by atoms with van der Waals surface area (Å²) in [7, 11) is 0. The van der Waals surface area contributed by atoms with E-state index in [1.54, 1.807) is 0 Å².